The molecule has 1 heterocycles. The highest BCUT2D eigenvalue weighted by Crippen LogP contribution is 2.31. The van der Waals surface area contributed by atoms with Crippen LogP contribution in [0.15, 0.2) is 83.9 Å². The molecule has 6 heteroatoms. The van der Waals surface area contributed by atoms with Gasteiger partial charge in [-0.1, -0.05) is 41.9 Å². The molecule has 0 aliphatic heterocycles. The van der Waals surface area contributed by atoms with Crippen molar-refractivity contribution in [2.75, 3.05) is 18.2 Å². The van der Waals surface area contributed by atoms with E-state index in [1.807, 2.05) is 60.7 Å². The van der Waals surface area contributed by atoms with Crippen LogP contribution in [0.25, 0.3) is 10.9 Å². The number of carbonyl (C=O) groups excluding carboxylic acids is 1. The molecule has 1 aromatic heterocycles. The van der Waals surface area contributed by atoms with Gasteiger partial charge >= 0.3 is 0 Å². The maximum Gasteiger partial charge on any atom is 0.234 e. The molecule has 0 aliphatic carbocycles. The lowest BCUT2D eigenvalue weighted by Crippen LogP contribution is -2.13. The van der Waals surface area contributed by atoms with Crippen molar-refractivity contribution in [1.29, 1.82) is 0 Å². The van der Waals surface area contributed by atoms with Crippen LogP contribution in [0.2, 0.25) is 5.02 Å². The van der Waals surface area contributed by atoms with Crippen LogP contribution in [-0.4, -0.2) is 23.3 Å². The number of nitrogens with zero attached hydrogens (tertiary/aromatic N) is 1. The molecular formula is C24H21ClN2O2S. The fourth-order valence-corrected chi connectivity index (χ4v) is 4.27. The van der Waals surface area contributed by atoms with E-state index in [4.69, 9.17) is 16.3 Å². The van der Waals surface area contributed by atoms with Gasteiger partial charge in [0, 0.05) is 39.3 Å². The first-order valence-electron chi connectivity index (χ1n) is 9.51. The number of amides is 1. The molecule has 0 saturated heterocycles. The highest BCUT2D eigenvalue weighted by Gasteiger charge is 2.11. The lowest BCUT2D eigenvalue weighted by Gasteiger charge is -2.06. The number of hydrogen-bond donors (Lipinski definition) is 1. The minimum atomic E-state index is -0.0419. The molecule has 4 aromatic rings. The molecule has 0 saturated carbocycles. The topological polar surface area (TPSA) is 43.3 Å². The maximum atomic E-state index is 12.4. The zero-order chi connectivity index (χ0) is 20.9. The van der Waals surface area contributed by atoms with E-state index in [0.29, 0.717) is 5.75 Å². The standard InChI is InChI=1S/C24H21ClN2O2S/c1-29-20-12-10-19(11-13-20)26-24(28)16-30-23-15-27(22-5-3-2-4-21(22)23)14-17-6-8-18(25)9-7-17/h2-13,15H,14,16H2,1H3,(H,26,28). The summed E-state index contributed by atoms with van der Waals surface area (Å²) < 4.78 is 7.36. The molecule has 0 spiro atoms. The molecule has 0 atom stereocenters. The first kappa shape index (κ1) is 20.4. The fraction of sp³-hybridized carbons (Fsp3) is 0.125. The highest BCUT2D eigenvalue weighted by atomic mass is 35.5. The van der Waals surface area contributed by atoms with Gasteiger partial charge < -0.3 is 14.6 Å². The molecule has 3 aromatic carbocycles. The van der Waals surface area contributed by atoms with E-state index >= 15 is 0 Å². The minimum absolute atomic E-state index is 0.0419. The van der Waals surface area contributed by atoms with Gasteiger partial charge in [-0.05, 0) is 48.0 Å². The number of rotatable bonds is 7. The Labute approximate surface area is 184 Å². The van der Waals surface area contributed by atoms with E-state index in [1.165, 1.54) is 5.56 Å². The van der Waals surface area contributed by atoms with E-state index in [2.05, 4.69) is 28.2 Å². The first-order chi connectivity index (χ1) is 14.6. The molecule has 30 heavy (non-hydrogen) atoms. The molecule has 0 radical (unpaired) electrons. The number of halogens is 1. The predicted octanol–water partition coefficient (Wildman–Crippen LogP) is 6.08. The summed E-state index contributed by atoms with van der Waals surface area (Å²) in [6.07, 6.45) is 2.12. The average Bonchev–Trinajstić information content (AvgIpc) is 3.12. The van der Waals surface area contributed by atoms with E-state index in [9.17, 15) is 4.79 Å². The fourth-order valence-electron chi connectivity index (χ4n) is 3.26. The Morgan fingerprint density at radius 2 is 1.77 bits per heavy atom. The molecule has 0 fully saturated rings. The van der Waals surface area contributed by atoms with Crippen molar-refractivity contribution in [2.24, 2.45) is 0 Å². The second-order valence-electron chi connectivity index (χ2n) is 6.83. The van der Waals surface area contributed by atoms with Gasteiger partial charge in [-0.3, -0.25) is 4.79 Å². The Morgan fingerprint density at radius 3 is 2.50 bits per heavy atom. The molecule has 4 rings (SSSR count). The van der Waals surface area contributed by atoms with Crippen molar-refractivity contribution in [1.82, 2.24) is 4.57 Å². The van der Waals surface area contributed by atoms with E-state index in [-0.39, 0.29) is 5.91 Å². The number of benzene rings is 3. The number of ether oxygens (including phenoxy) is 1. The molecular weight excluding hydrogens is 416 g/mol. The smallest absolute Gasteiger partial charge is 0.234 e. The summed E-state index contributed by atoms with van der Waals surface area (Å²) in [6.45, 7) is 0.746. The molecule has 1 amide bonds. The van der Waals surface area contributed by atoms with Crippen LogP contribution in [0.5, 0.6) is 5.75 Å². The van der Waals surface area contributed by atoms with Crippen LogP contribution < -0.4 is 10.1 Å². The molecule has 4 nitrogen and oxygen atoms in total. The van der Waals surface area contributed by atoms with Crippen LogP contribution in [0, 0.1) is 0 Å². The Bertz CT molecular complexity index is 1150. The van der Waals surface area contributed by atoms with Crippen LogP contribution in [-0.2, 0) is 11.3 Å². The quantitative estimate of drug-likeness (QED) is 0.357. The van der Waals surface area contributed by atoms with Crippen molar-refractivity contribution < 1.29 is 9.53 Å². The third kappa shape index (κ3) is 4.81. The summed E-state index contributed by atoms with van der Waals surface area (Å²) in [5, 5.41) is 4.81. The van der Waals surface area contributed by atoms with Gasteiger partial charge in [-0.25, -0.2) is 0 Å². The summed E-state index contributed by atoms with van der Waals surface area (Å²) >= 11 is 7.54. The SMILES string of the molecule is COc1ccc(NC(=O)CSc2cn(Cc3ccc(Cl)cc3)c3ccccc23)cc1. The van der Waals surface area contributed by atoms with E-state index < -0.39 is 0 Å². The Hall–Kier alpha value is -2.89. The summed E-state index contributed by atoms with van der Waals surface area (Å²) in [5.41, 5.74) is 3.08. The molecule has 0 aliphatic rings. The van der Waals surface area contributed by atoms with Gasteiger partial charge in [0.25, 0.3) is 0 Å². The summed E-state index contributed by atoms with van der Waals surface area (Å²) in [4.78, 5) is 13.5. The van der Waals surface area contributed by atoms with Gasteiger partial charge in [0.2, 0.25) is 5.91 Å². The summed E-state index contributed by atoms with van der Waals surface area (Å²) in [7, 11) is 1.62. The van der Waals surface area contributed by atoms with Gasteiger partial charge in [0.1, 0.15) is 5.75 Å². The van der Waals surface area contributed by atoms with Gasteiger partial charge in [0.05, 0.1) is 12.9 Å². The number of para-hydroxylation sites is 1. The van der Waals surface area contributed by atoms with Crippen LogP contribution >= 0.6 is 23.4 Å². The number of hydrogen-bond acceptors (Lipinski definition) is 3. The zero-order valence-corrected chi connectivity index (χ0v) is 18.0. The molecule has 0 unspecified atom stereocenters. The molecule has 0 bridgehead atoms. The number of thioether (sulfide) groups is 1. The monoisotopic (exact) mass is 436 g/mol. The lowest BCUT2D eigenvalue weighted by molar-refractivity contribution is -0.113. The predicted molar refractivity (Wildman–Crippen MR) is 125 cm³/mol. The molecule has 152 valence electrons. The zero-order valence-electron chi connectivity index (χ0n) is 16.5. The number of nitrogens with one attached hydrogen (secondary N) is 1. The van der Waals surface area contributed by atoms with Gasteiger partial charge in [-0.15, -0.1) is 11.8 Å². The Balaban J connectivity index is 1.47. The first-order valence-corrected chi connectivity index (χ1v) is 10.9. The van der Waals surface area contributed by atoms with E-state index in [1.54, 1.807) is 18.9 Å². The van der Waals surface area contributed by atoms with Crippen LogP contribution in [0.1, 0.15) is 5.56 Å². The normalized spacial score (nSPS) is 10.9. The van der Waals surface area contributed by atoms with Crippen LogP contribution in [0.4, 0.5) is 5.69 Å². The maximum absolute atomic E-state index is 12.4. The van der Waals surface area contributed by atoms with Crippen molar-refractivity contribution in [2.45, 2.75) is 11.4 Å². The van der Waals surface area contributed by atoms with Crippen LogP contribution in [0.3, 0.4) is 0 Å². The van der Waals surface area contributed by atoms with Gasteiger partial charge in [0.15, 0.2) is 0 Å². The minimum Gasteiger partial charge on any atom is -0.497 e. The summed E-state index contributed by atoms with van der Waals surface area (Å²) in [6, 6.07) is 23.5. The average molecular weight is 437 g/mol. The Kier molecular flexibility index (Phi) is 6.31. The summed E-state index contributed by atoms with van der Waals surface area (Å²) in [5.74, 6) is 1.05. The van der Waals surface area contributed by atoms with Crippen molar-refractivity contribution >= 4 is 45.9 Å². The number of aromatic nitrogens is 1. The van der Waals surface area contributed by atoms with Crippen molar-refractivity contribution in [3.63, 3.8) is 0 Å². The Morgan fingerprint density at radius 1 is 1.03 bits per heavy atom. The largest absolute Gasteiger partial charge is 0.497 e. The third-order valence-electron chi connectivity index (χ3n) is 4.75. The van der Waals surface area contributed by atoms with Crippen molar-refractivity contribution in [3.05, 3.63) is 89.6 Å². The third-order valence-corrected chi connectivity index (χ3v) is 6.05. The second-order valence-corrected chi connectivity index (χ2v) is 8.28. The number of anilines is 1. The number of methoxy groups -OCH3 is 1. The number of fused-ring (bicyclic) bond motifs is 1. The van der Waals surface area contributed by atoms with Crippen molar-refractivity contribution in [3.8, 4) is 5.75 Å². The van der Waals surface area contributed by atoms with Gasteiger partial charge in [-0.2, -0.15) is 0 Å². The van der Waals surface area contributed by atoms with E-state index in [0.717, 1.165) is 38.8 Å². The second kappa shape index (κ2) is 9.28. The number of carbonyl (C=O) groups is 1. The highest BCUT2D eigenvalue weighted by molar-refractivity contribution is 8.00. The molecule has 1 N–H and O–H groups in total. The lowest BCUT2D eigenvalue weighted by atomic mass is 10.2.